The zero-order valence-electron chi connectivity index (χ0n) is 16.2. The van der Waals surface area contributed by atoms with Crippen molar-refractivity contribution in [1.82, 2.24) is 0 Å². The predicted octanol–water partition coefficient (Wildman–Crippen LogP) is 2.04. The van der Waals surface area contributed by atoms with E-state index in [1.807, 2.05) is 19.1 Å². The molecule has 1 saturated heterocycles. The highest BCUT2D eigenvalue weighted by Crippen LogP contribution is 2.35. The van der Waals surface area contributed by atoms with Crippen LogP contribution in [-0.2, 0) is 12.8 Å². The summed E-state index contributed by atoms with van der Waals surface area (Å²) in [7, 11) is 0. The number of rotatable bonds is 6. The minimum Gasteiger partial charge on any atom is -0.477 e. The van der Waals surface area contributed by atoms with E-state index >= 15 is 0 Å². The Morgan fingerprint density at radius 1 is 0.929 bits per heavy atom. The number of aliphatic hydroxyl groups is 4. The highest BCUT2D eigenvalue weighted by atomic mass is 32.2. The van der Waals surface area contributed by atoms with Crippen LogP contribution in [0.4, 0.5) is 0 Å². The molecule has 3 rings (SSSR count). The van der Waals surface area contributed by atoms with Crippen LogP contribution >= 0.6 is 11.8 Å². The van der Waals surface area contributed by atoms with Crippen LogP contribution in [0.1, 0.15) is 29.2 Å². The van der Waals surface area contributed by atoms with Crippen molar-refractivity contribution in [2.75, 3.05) is 6.61 Å². The van der Waals surface area contributed by atoms with Crippen LogP contribution in [0.3, 0.4) is 0 Å². The second kappa shape index (κ2) is 9.29. The molecule has 0 spiro atoms. The lowest BCUT2D eigenvalue weighted by Crippen LogP contribution is -2.55. The SMILES string of the molecule is CCc1ccc(Cc2cc(C)ccc2OC2SC(CO)C(O)C(O)C2O)cc1. The van der Waals surface area contributed by atoms with Crippen molar-refractivity contribution in [2.45, 2.75) is 55.7 Å². The van der Waals surface area contributed by atoms with Gasteiger partial charge in [0.05, 0.1) is 18.0 Å². The molecule has 0 aromatic heterocycles. The summed E-state index contributed by atoms with van der Waals surface area (Å²) in [6.45, 7) is 3.83. The summed E-state index contributed by atoms with van der Waals surface area (Å²) in [5.74, 6) is 0.627. The summed E-state index contributed by atoms with van der Waals surface area (Å²) >= 11 is 1.14. The Morgan fingerprint density at radius 3 is 2.25 bits per heavy atom. The average molecular weight is 405 g/mol. The molecule has 2 aromatic rings. The van der Waals surface area contributed by atoms with E-state index in [2.05, 4.69) is 37.3 Å². The molecule has 4 N–H and O–H groups in total. The Balaban J connectivity index is 1.81. The van der Waals surface area contributed by atoms with Gasteiger partial charge in [-0.05, 0) is 36.1 Å². The molecule has 1 aliphatic heterocycles. The van der Waals surface area contributed by atoms with Gasteiger partial charge in [0.25, 0.3) is 0 Å². The molecule has 2 aromatic carbocycles. The molecule has 0 aliphatic carbocycles. The summed E-state index contributed by atoms with van der Waals surface area (Å²) in [6, 6.07) is 14.3. The van der Waals surface area contributed by atoms with Gasteiger partial charge in [0.15, 0.2) is 5.44 Å². The number of aliphatic hydroxyl groups excluding tert-OH is 4. The van der Waals surface area contributed by atoms with Crippen molar-refractivity contribution in [3.8, 4) is 5.75 Å². The van der Waals surface area contributed by atoms with E-state index < -0.39 is 29.0 Å². The van der Waals surface area contributed by atoms with E-state index in [0.717, 1.165) is 34.9 Å². The normalized spacial score (nSPS) is 27.6. The Bertz CT molecular complexity index is 777. The molecule has 5 atom stereocenters. The van der Waals surface area contributed by atoms with Crippen LogP contribution in [0.25, 0.3) is 0 Å². The third-order valence-corrected chi connectivity index (χ3v) is 6.55. The Morgan fingerprint density at radius 2 is 1.61 bits per heavy atom. The summed E-state index contributed by atoms with van der Waals surface area (Å²) in [5, 5.41) is 39.2. The number of hydrogen-bond acceptors (Lipinski definition) is 6. The second-order valence-electron chi connectivity index (χ2n) is 7.27. The maximum atomic E-state index is 10.3. The first-order chi connectivity index (χ1) is 13.4. The van der Waals surface area contributed by atoms with Gasteiger partial charge in [0.1, 0.15) is 18.0 Å². The first-order valence-corrected chi connectivity index (χ1v) is 10.5. The zero-order chi connectivity index (χ0) is 20.3. The number of ether oxygens (including phenoxy) is 1. The van der Waals surface area contributed by atoms with Gasteiger partial charge in [-0.3, -0.25) is 0 Å². The Labute approximate surface area is 170 Å². The third kappa shape index (κ3) is 4.70. The van der Waals surface area contributed by atoms with Gasteiger partial charge in [-0.2, -0.15) is 0 Å². The third-order valence-electron chi connectivity index (χ3n) is 5.13. The van der Waals surface area contributed by atoms with E-state index in [1.54, 1.807) is 0 Å². The fraction of sp³-hybridized carbons (Fsp3) is 0.455. The van der Waals surface area contributed by atoms with E-state index in [0.29, 0.717) is 12.2 Å². The molecule has 152 valence electrons. The lowest BCUT2D eigenvalue weighted by Gasteiger charge is -2.39. The molecule has 6 heteroatoms. The quantitative estimate of drug-likeness (QED) is 0.589. The topological polar surface area (TPSA) is 90.2 Å². The largest absolute Gasteiger partial charge is 0.477 e. The van der Waals surface area contributed by atoms with Gasteiger partial charge in [0.2, 0.25) is 0 Å². The van der Waals surface area contributed by atoms with Gasteiger partial charge >= 0.3 is 0 Å². The average Bonchev–Trinajstić information content (AvgIpc) is 2.70. The number of hydrogen-bond donors (Lipinski definition) is 4. The van der Waals surface area contributed by atoms with E-state index in [-0.39, 0.29) is 6.61 Å². The fourth-order valence-corrected chi connectivity index (χ4v) is 4.60. The van der Waals surface area contributed by atoms with Crippen molar-refractivity contribution in [1.29, 1.82) is 0 Å². The highest BCUT2D eigenvalue weighted by Gasteiger charge is 2.44. The van der Waals surface area contributed by atoms with Gasteiger partial charge in [-0.15, -0.1) is 11.8 Å². The minimum atomic E-state index is -1.36. The van der Waals surface area contributed by atoms with Crippen LogP contribution in [0.15, 0.2) is 42.5 Å². The Hall–Kier alpha value is -1.57. The molecule has 0 radical (unpaired) electrons. The summed E-state index contributed by atoms with van der Waals surface area (Å²) in [4.78, 5) is 0. The van der Waals surface area contributed by atoms with Crippen LogP contribution < -0.4 is 4.74 Å². The standard InChI is InChI=1S/C22H28O5S/c1-3-14-5-7-15(8-6-14)11-16-10-13(2)4-9-17(16)27-22-21(26)20(25)19(24)18(12-23)28-22/h4-10,18-26H,3,11-12H2,1-2H3. The molecular weight excluding hydrogens is 376 g/mol. The first kappa shape index (κ1) is 21.1. The predicted molar refractivity (Wildman–Crippen MR) is 111 cm³/mol. The molecule has 28 heavy (non-hydrogen) atoms. The lowest BCUT2D eigenvalue weighted by molar-refractivity contribution is -0.0910. The molecular formula is C22H28O5S. The minimum absolute atomic E-state index is 0.306. The van der Waals surface area contributed by atoms with E-state index in [4.69, 9.17) is 4.74 Å². The van der Waals surface area contributed by atoms with Crippen molar-refractivity contribution in [3.05, 3.63) is 64.7 Å². The maximum absolute atomic E-state index is 10.3. The van der Waals surface area contributed by atoms with Crippen LogP contribution in [0, 0.1) is 6.92 Å². The van der Waals surface area contributed by atoms with E-state index in [1.165, 1.54) is 5.56 Å². The Kier molecular flexibility index (Phi) is 7.01. The molecule has 0 saturated carbocycles. The molecule has 1 heterocycles. The van der Waals surface area contributed by atoms with Crippen LogP contribution in [0.2, 0.25) is 0 Å². The van der Waals surface area contributed by atoms with Crippen molar-refractivity contribution < 1.29 is 25.2 Å². The second-order valence-corrected chi connectivity index (χ2v) is 8.62. The van der Waals surface area contributed by atoms with Crippen molar-refractivity contribution in [2.24, 2.45) is 0 Å². The van der Waals surface area contributed by atoms with Crippen molar-refractivity contribution >= 4 is 11.8 Å². The van der Waals surface area contributed by atoms with Gasteiger partial charge < -0.3 is 25.2 Å². The molecule has 0 amide bonds. The molecule has 5 nitrogen and oxygen atoms in total. The smallest absolute Gasteiger partial charge is 0.173 e. The lowest BCUT2D eigenvalue weighted by atomic mass is 10.0. The van der Waals surface area contributed by atoms with Crippen LogP contribution in [-0.4, -0.2) is 56.0 Å². The molecule has 0 bridgehead atoms. The maximum Gasteiger partial charge on any atom is 0.173 e. The van der Waals surface area contributed by atoms with Gasteiger partial charge in [-0.25, -0.2) is 0 Å². The van der Waals surface area contributed by atoms with E-state index in [9.17, 15) is 20.4 Å². The van der Waals surface area contributed by atoms with Crippen LogP contribution in [0.5, 0.6) is 5.75 Å². The molecule has 1 fully saturated rings. The number of benzene rings is 2. The summed E-state index contributed by atoms with van der Waals surface area (Å²) in [6.07, 6.45) is -2.13. The summed E-state index contributed by atoms with van der Waals surface area (Å²) < 4.78 is 6.05. The zero-order valence-corrected chi connectivity index (χ0v) is 17.0. The van der Waals surface area contributed by atoms with Gasteiger partial charge in [-0.1, -0.05) is 48.9 Å². The highest BCUT2D eigenvalue weighted by molar-refractivity contribution is 8.00. The molecule has 5 unspecified atom stereocenters. The number of aryl methyl sites for hydroxylation is 2. The molecule has 1 aliphatic rings. The van der Waals surface area contributed by atoms with Gasteiger partial charge in [0, 0.05) is 6.42 Å². The fourth-order valence-electron chi connectivity index (χ4n) is 3.36. The first-order valence-electron chi connectivity index (χ1n) is 9.57. The summed E-state index contributed by atoms with van der Waals surface area (Å²) in [5.41, 5.74) is 3.76. The van der Waals surface area contributed by atoms with Crippen molar-refractivity contribution in [3.63, 3.8) is 0 Å². The monoisotopic (exact) mass is 404 g/mol. The number of thioether (sulfide) groups is 1.